The molecule has 0 fully saturated rings. The van der Waals surface area contributed by atoms with E-state index in [1.165, 1.54) is 21.9 Å². The molecule has 0 bridgehead atoms. The molecule has 0 saturated carbocycles. The summed E-state index contributed by atoms with van der Waals surface area (Å²) in [6.45, 7) is 5.40. The van der Waals surface area contributed by atoms with Crippen molar-refractivity contribution in [1.82, 2.24) is 9.29 Å². The summed E-state index contributed by atoms with van der Waals surface area (Å²) in [5, 5.41) is 3.25. The van der Waals surface area contributed by atoms with Crippen LogP contribution in [0.4, 0.5) is 5.13 Å². The number of ether oxygens (including phenoxy) is 2. The predicted octanol–water partition coefficient (Wildman–Crippen LogP) is 2.51. The number of benzene rings is 1. The second kappa shape index (κ2) is 8.46. The number of carbonyl (C=O) groups excluding carboxylic acids is 1. The number of rotatable bonds is 7. The van der Waals surface area contributed by atoms with Gasteiger partial charge < -0.3 is 9.47 Å². The molecule has 0 unspecified atom stereocenters. The van der Waals surface area contributed by atoms with Gasteiger partial charge in [0, 0.05) is 30.0 Å². The molecule has 1 aromatic heterocycles. The summed E-state index contributed by atoms with van der Waals surface area (Å²) >= 11 is 1.30. The van der Waals surface area contributed by atoms with Gasteiger partial charge in [0.2, 0.25) is 10.0 Å². The van der Waals surface area contributed by atoms with Crippen LogP contribution >= 0.6 is 11.3 Å². The molecule has 1 amide bonds. The fourth-order valence-electron chi connectivity index (χ4n) is 2.87. The van der Waals surface area contributed by atoms with Crippen molar-refractivity contribution in [3.63, 3.8) is 0 Å². The maximum atomic E-state index is 12.6. The Morgan fingerprint density at radius 1 is 1.25 bits per heavy atom. The number of nitrogens with one attached hydrogen (secondary N) is 1. The van der Waals surface area contributed by atoms with Crippen molar-refractivity contribution >= 4 is 32.4 Å². The lowest BCUT2D eigenvalue weighted by molar-refractivity contribution is 0.102. The molecule has 3 rings (SSSR count). The molecule has 152 valence electrons. The van der Waals surface area contributed by atoms with Crippen LogP contribution < -0.4 is 14.8 Å². The zero-order chi connectivity index (χ0) is 20.3. The largest absolute Gasteiger partial charge is 0.490 e. The zero-order valence-corrected chi connectivity index (χ0v) is 17.7. The molecule has 8 nitrogen and oxygen atoms in total. The smallest absolute Gasteiger partial charge is 0.257 e. The highest BCUT2D eigenvalue weighted by molar-refractivity contribution is 7.88. The summed E-state index contributed by atoms with van der Waals surface area (Å²) < 4.78 is 36.0. The highest BCUT2D eigenvalue weighted by atomic mass is 32.2. The third-order valence-corrected chi connectivity index (χ3v) is 6.44. The Balaban J connectivity index is 1.75. The van der Waals surface area contributed by atoms with Crippen LogP contribution in [0.2, 0.25) is 0 Å². The first-order chi connectivity index (χ1) is 13.3. The third kappa shape index (κ3) is 4.62. The third-order valence-electron chi connectivity index (χ3n) is 4.19. The number of amides is 1. The van der Waals surface area contributed by atoms with Crippen LogP contribution in [0.5, 0.6) is 11.5 Å². The van der Waals surface area contributed by atoms with Gasteiger partial charge in [-0.1, -0.05) is 0 Å². The summed E-state index contributed by atoms with van der Waals surface area (Å²) in [7, 11) is -3.25. The van der Waals surface area contributed by atoms with Gasteiger partial charge in [-0.15, -0.1) is 11.3 Å². The van der Waals surface area contributed by atoms with E-state index in [-0.39, 0.29) is 5.91 Å². The highest BCUT2D eigenvalue weighted by Gasteiger charge is 2.26. The number of anilines is 1. The van der Waals surface area contributed by atoms with Crippen molar-refractivity contribution in [1.29, 1.82) is 0 Å². The Morgan fingerprint density at radius 2 is 1.96 bits per heavy atom. The summed E-state index contributed by atoms with van der Waals surface area (Å²) in [6.07, 6.45) is 1.73. The van der Waals surface area contributed by atoms with E-state index in [1.54, 1.807) is 18.2 Å². The molecule has 1 aromatic carbocycles. The van der Waals surface area contributed by atoms with E-state index in [0.29, 0.717) is 54.9 Å². The molecular formula is C18H23N3O5S2. The van der Waals surface area contributed by atoms with Gasteiger partial charge in [-0.05, 0) is 32.0 Å². The Kier molecular flexibility index (Phi) is 6.21. The number of nitrogens with zero attached hydrogens (tertiary/aromatic N) is 2. The minimum absolute atomic E-state index is 0.291. The van der Waals surface area contributed by atoms with E-state index in [1.807, 2.05) is 13.8 Å². The van der Waals surface area contributed by atoms with Crippen LogP contribution in [0.1, 0.15) is 34.8 Å². The van der Waals surface area contributed by atoms with E-state index < -0.39 is 10.0 Å². The fourth-order valence-corrected chi connectivity index (χ4v) is 4.76. The molecule has 28 heavy (non-hydrogen) atoms. The molecule has 2 heterocycles. The van der Waals surface area contributed by atoms with Gasteiger partial charge in [0.05, 0.1) is 25.2 Å². The Morgan fingerprint density at radius 3 is 2.64 bits per heavy atom. The molecule has 1 N–H and O–H groups in total. The lowest BCUT2D eigenvalue weighted by atomic mass is 10.2. The molecule has 0 atom stereocenters. The van der Waals surface area contributed by atoms with Crippen molar-refractivity contribution in [2.45, 2.75) is 26.8 Å². The molecule has 2 aromatic rings. The number of hydrogen-bond acceptors (Lipinski definition) is 7. The van der Waals surface area contributed by atoms with Crippen molar-refractivity contribution in [2.75, 3.05) is 31.3 Å². The Hall–Kier alpha value is -2.17. The van der Waals surface area contributed by atoms with Crippen LogP contribution in [0, 0.1) is 0 Å². The first-order valence-electron chi connectivity index (χ1n) is 8.96. The number of hydrogen-bond donors (Lipinski definition) is 1. The van der Waals surface area contributed by atoms with Crippen molar-refractivity contribution < 1.29 is 22.7 Å². The lowest BCUT2D eigenvalue weighted by Gasteiger charge is -2.23. The minimum atomic E-state index is -3.25. The van der Waals surface area contributed by atoms with E-state index >= 15 is 0 Å². The number of thiazole rings is 1. The Labute approximate surface area is 168 Å². The van der Waals surface area contributed by atoms with Gasteiger partial charge in [0.25, 0.3) is 5.91 Å². The molecule has 1 aliphatic heterocycles. The SMILES string of the molecule is CCOc1ccc(C(=O)Nc2nc3c(s2)CN(S(C)(=O)=O)CC3)cc1OCC. The van der Waals surface area contributed by atoms with E-state index in [0.717, 1.165) is 10.6 Å². The quantitative estimate of drug-likeness (QED) is 0.732. The van der Waals surface area contributed by atoms with Crippen molar-refractivity contribution in [3.05, 3.63) is 34.3 Å². The predicted molar refractivity (Wildman–Crippen MR) is 108 cm³/mol. The van der Waals surface area contributed by atoms with Gasteiger partial charge in [0.15, 0.2) is 16.6 Å². The maximum Gasteiger partial charge on any atom is 0.257 e. The first kappa shape index (κ1) is 20.6. The van der Waals surface area contributed by atoms with E-state index in [9.17, 15) is 13.2 Å². The van der Waals surface area contributed by atoms with Gasteiger partial charge >= 0.3 is 0 Å². The molecule has 0 aliphatic carbocycles. The summed E-state index contributed by atoms with van der Waals surface area (Å²) in [5.41, 5.74) is 1.26. The van der Waals surface area contributed by atoms with Gasteiger partial charge in [-0.3, -0.25) is 10.1 Å². The number of sulfonamides is 1. The Bertz CT molecular complexity index is 972. The molecule has 1 aliphatic rings. The normalized spacial score (nSPS) is 14.4. The topological polar surface area (TPSA) is 97.8 Å². The molecule has 10 heteroatoms. The average Bonchev–Trinajstić information content (AvgIpc) is 3.04. The molecule has 0 saturated heterocycles. The van der Waals surface area contributed by atoms with Crippen LogP contribution in [0.25, 0.3) is 0 Å². The van der Waals surface area contributed by atoms with Crippen molar-refractivity contribution in [3.8, 4) is 11.5 Å². The lowest BCUT2D eigenvalue weighted by Crippen LogP contribution is -2.34. The monoisotopic (exact) mass is 425 g/mol. The number of aromatic nitrogens is 1. The summed E-state index contributed by atoms with van der Waals surface area (Å²) in [4.78, 5) is 17.9. The van der Waals surface area contributed by atoms with Gasteiger partial charge in [-0.25, -0.2) is 13.4 Å². The van der Waals surface area contributed by atoms with Gasteiger partial charge in [-0.2, -0.15) is 4.31 Å². The molecule has 0 radical (unpaired) electrons. The summed E-state index contributed by atoms with van der Waals surface area (Å²) in [5.74, 6) is 0.792. The highest BCUT2D eigenvalue weighted by Crippen LogP contribution is 2.31. The number of carbonyl (C=O) groups is 1. The molecular weight excluding hydrogens is 402 g/mol. The van der Waals surface area contributed by atoms with E-state index in [2.05, 4.69) is 10.3 Å². The average molecular weight is 426 g/mol. The van der Waals surface area contributed by atoms with Crippen LogP contribution in [-0.2, 0) is 23.0 Å². The first-order valence-corrected chi connectivity index (χ1v) is 11.6. The van der Waals surface area contributed by atoms with Crippen LogP contribution in [-0.4, -0.2) is 49.6 Å². The molecule has 0 spiro atoms. The minimum Gasteiger partial charge on any atom is -0.490 e. The van der Waals surface area contributed by atoms with E-state index in [4.69, 9.17) is 9.47 Å². The standard InChI is InChI=1S/C18H23N3O5S2/c1-4-25-14-7-6-12(10-15(14)26-5-2)17(22)20-18-19-13-8-9-21(28(3,23)24)11-16(13)27-18/h6-7,10H,4-5,8-9,11H2,1-3H3,(H,19,20,22). The second-order valence-electron chi connectivity index (χ2n) is 6.22. The zero-order valence-electron chi connectivity index (χ0n) is 16.0. The fraction of sp³-hybridized carbons (Fsp3) is 0.444. The van der Waals surface area contributed by atoms with Crippen LogP contribution in [0.3, 0.4) is 0 Å². The van der Waals surface area contributed by atoms with Crippen molar-refractivity contribution in [2.24, 2.45) is 0 Å². The van der Waals surface area contributed by atoms with Gasteiger partial charge in [0.1, 0.15) is 0 Å². The second-order valence-corrected chi connectivity index (χ2v) is 9.28. The summed E-state index contributed by atoms with van der Waals surface area (Å²) in [6, 6.07) is 5.02. The number of fused-ring (bicyclic) bond motifs is 1. The van der Waals surface area contributed by atoms with Crippen LogP contribution in [0.15, 0.2) is 18.2 Å². The maximum absolute atomic E-state index is 12.6.